The molecule has 2 aliphatic rings. The quantitative estimate of drug-likeness (QED) is 0.669. The van der Waals surface area contributed by atoms with Gasteiger partial charge in [-0.05, 0) is 81.6 Å². The zero-order valence-electron chi connectivity index (χ0n) is 19.1. The van der Waals surface area contributed by atoms with Crippen LogP contribution in [0.1, 0.15) is 39.2 Å². The lowest BCUT2D eigenvalue weighted by Crippen LogP contribution is -2.40. The number of nitrogens with one attached hydrogen (secondary N) is 1. The zero-order chi connectivity index (χ0) is 23.8. The number of hydrogen-bond acceptors (Lipinski definition) is 5. The molecule has 2 amide bonds. The van der Waals surface area contributed by atoms with Gasteiger partial charge < -0.3 is 15.0 Å². The first kappa shape index (κ1) is 23.3. The summed E-state index contributed by atoms with van der Waals surface area (Å²) in [5.41, 5.74) is 0.834. The van der Waals surface area contributed by atoms with Crippen LogP contribution in [0.3, 0.4) is 0 Å². The molecule has 1 saturated heterocycles. The lowest BCUT2D eigenvalue weighted by Gasteiger charge is -2.20. The van der Waals surface area contributed by atoms with E-state index in [1.807, 2.05) is 6.92 Å². The van der Waals surface area contributed by atoms with Crippen LogP contribution in [0, 0.1) is 0 Å². The van der Waals surface area contributed by atoms with Crippen LogP contribution in [0.15, 0.2) is 47.4 Å². The van der Waals surface area contributed by atoms with Crippen LogP contribution in [-0.4, -0.2) is 50.8 Å². The Bertz CT molecular complexity index is 1170. The third-order valence-electron chi connectivity index (χ3n) is 6.17. The molecule has 176 valence electrons. The second kappa shape index (κ2) is 8.79. The maximum atomic E-state index is 13.2. The van der Waals surface area contributed by atoms with Gasteiger partial charge in [-0.15, -0.1) is 0 Å². The predicted octanol–water partition coefficient (Wildman–Crippen LogP) is 3.13. The summed E-state index contributed by atoms with van der Waals surface area (Å²) in [7, 11) is -3.60. The average Bonchev–Trinajstić information content (AvgIpc) is 3.39. The van der Waals surface area contributed by atoms with Gasteiger partial charge in [-0.3, -0.25) is 9.59 Å². The maximum absolute atomic E-state index is 13.2. The van der Waals surface area contributed by atoms with Crippen LogP contribution < -0.4 is 15.0 Å². The van der Waals surface area contributed by atoms with E-state index in [1.165, 1.54) is 15.3 Å². The molecule has 1 fully saturated rings. The van der Waals surface area contributed by atoms with E-state index in [4.69, 9.17) is 4.74 Å². The Kier molecular flexibility index (Phi) is 6.20. The molecule has 0 spiro atoms. The Labute approximate surface area is 194 Å². The van der Waals surface area contributed by atoms with E-state index >= 15 is 0 Å². The number of amides is 2. The van der Waals surface area contributed by atoms with Crippen LogP contribution in [0.2, 0.25) is 0 Å². The van der Waals surface area contributed by atoms with Crippen molar-refractivity contribution >= 4 is 33.2 Å². The molecular weight excluding hydrogens is 442 g/mol. The van der Waals surface area contributed by atoms with E-state index in [9.17, 15) is 18.0 Å². The van der Waals surface area contributed by atoms with Crippen LogP contribution in [0.25, 0.3) is 0 Å². The van der Waals surface area contributed by atoms with Gasteiger partial charge in [0.05, 0.1) is 16.9 Å². The monoisotopic (exact) mass is 471 g/mol. The Balaban J connectivity index is 1.55. The van der Waals surface area contributed by atoms with E-state index in [-0.39, 0.29) is 23.3 Å². The third kappa shape index (κ3) is 4.35. The Morgan fingerprint density at radius 3 is 2.39 bits per heavy atom. The van der Waals surface area contributed by atoms with Gasteiger partial charge in [-0.1, -0.05) is 0 Å². The fourth-order valence-electron chi connectivity index (χ4n) is 4.35. The Morgan fingerprint density at radius 2 is 1.76 bits per heavy atom. The minimum atomic E-state index is -3.60. The van der Waals surface area contributed by atoms with E-state index in [1.54, 1.807) is 50.2 Å². The molecule has 33 heavy (non-hydrogen) atoms. The number of nitrogens with zero attached hydrogens (tertiary/aromatic N) is 2. The number of hydrogen-bond donors (Lipinski definition) is 1. The van der Waals surface area contributed by atoms with E-state index in [0.717, 1.165) is 12.8 Å². The van der Waals surface area contributed by atoms with Crippen LogP contribution in [-0.2, 0) is 25.0 Å². The van der Waals surface area contributed by atoms with Crippen LogP contribution in [0.5, 0.6) is 5.75 Å². The first-order valence-corrected chi connectivity index (χ1v) is 12.6. The van der Waals surface area contributed by atoms with Crippen molar-refractivity contribution in [2.75, 3.05) is 36.5 Å². The summed E-state index contributed by atoms with van der Waals surface area (Å²) in [6, 6.07) is 11.8. The largest absolute Gasteiger partial charge is 0.494 e. The highest BCUT2D eigenvalue weighted by Gasteiger charge is 2.45. The van der Waals surface area contributed by atoms with Gasteiger partial charge in [0.1, 0.15) is 12.3 Å². The van der Waals surface area contributed by atoms with Crippen molar-refractivity contribution in [2.24, 2.45) is 0 Å². The molecule has 0 radical (unpaired) electrons. The van der Waals surface area contributed by atoms with Gasteiger partial charge >= 0.3 is 0 Å². The first-order chi connectivity index (χ1) is 15.6. The molecule has 0 aromatic heterocycles. The van der Waals surface area contributed by atoms with Crippen molar-refractivity contribution in [3.05, 3.63) is 48.0 Å². The van der Waals surface area contributed by atoms with Crippen molar-refractivity contribution in [1.82, 2.24) is 4.31 Å². The molecule has 2 aromatic carbocycles. The molecule has 2 aromatic rings. The fourth-order valence-corrected chi connectivity index (χ4v) is 5.90. The second-order valence-corrected chi connectivity index (χ2v) is 10.7. The summed E-state index contributed by atoms with van der Waals surface area (Å²) >= 11 is 0. The SMILES string of the molecule is CCOc1ccc(NC(=O)CN2C(=O)C(C)(C)c3cc(S(=O)(=O)N4CCCC4)ccc32)cc1. The minimum Gasteiger partial charge on any atom is -0.494 e. The third-order valence-corrected chi connectivity index (χ3v) is 8.06. The average molecular weight is 472 g/mol. The number of ether oxygens (including phenoxy) is 1. The van der Waals surface area contributed by atoms with Crippen LogP contribution >= 0.6 is 0 Å². The highest BCUT2D eigenvalue weighted by atomic mass is 32.2. The summed E-state index contributed by atoms with van der Waals surface area (Å²) in [6.07, 6.45) is 1.71. The van der Waals surface area contributed by atoms with Gasteiger partial charge in [-0.25, -0.2) is 8.42 Å². The highest BCUT2D eigenvalue weighted by Crippen LogP contribution is 2.43. The molecule has 2 aliphatic heterocycles. The zero-order valence-corrected chi connectivity index (χ0v) is 19.9. The van der Waals surface area contributed by atoms with Crippen molar-refractivity contribution in [3.8, 4) is 5.75 Å². The molecule has 0 atom stereocenters. The number of carbonyl (C=O) groups is 2. The summed E-state index contributed by atoms with van der Waals surface area (Å²) in [6.45, 7) is 6.82. The van der Waals surface area contributed by atoms with E-state index in [0.29, 0.717) is 42.4 Å². The molecule has 4 rings (SSSR count). The second-order valence-electron chi connectivity index (χ2n) is 8.81. The van der Waals surface area contributed by atoms with E-state index in [2.05, 4.69) is 5.32 Å². The van der Waals surface area contributed by atoms with E-state index < -0.39 is 15.4 Å². The summed E-state index contributed by atoms with van der Waals surface area (Å²) < 4.78 is 32.9. The standard InChI is InChI=1S/C24H29N3O5S/c1-4-32-18-9-7-17(8-10-18)25-22(28)16-27-21-12-11-19(15-20(21)24(2,3)23(27)29)33(30,31)26-13-5-6-14-26/h7-12,15H,4-6,13-14,16H2,1-3H3,(H,25,28). The normalized spacial score (nSPS) is 17.8. The van der Waals surface area contributed by atoms with Gasteiger partial charge in [-0.2, -0.15) is 4.31 Å². The van der Waals surface area contributed by atoms with Crippen molar-refractivity contribution in [3.63, 3.8) is 0 Å². The smallest absolute Gasteiger partial charge is 0.244 e. The molecule has 2 heterocycles. The van der Waals surface area contributed by atoms with Crippen LogP contribution in [0.4, 0.5) is 11.4 Å². The molecule has 0 saturated carbocycles. The van der Waals surface area contributed by atoms with Gasteiger partial charge in [0.15, 0.2) is 0 Å². The lowest BCUT2D eigenvalue weighted by atomic mass is 9.86. The molecule has 8 nitrogen and oxygen atoms in total. The molecule has 1 N–H and O–H groups in total. The molecule has 0 aliphatic carbocycles. The topological polar surface area (TPSA) is 96.0 Å². The summed E-state index contributed by atoms with van der Waals surface area (Å²) in [5, 5.41) is 2.80. The number of carbonyl (C=O) groups excluding carboxylic acids is 2. The molecule has 9 heteroatoms. The molecular formula is C24H29N3O5S. The predicted molar refractivity (Wildman–Crippen MR) is 126 cm³/mol. The number of benzene rings is 2. The van der Waals surface area contributed by atoms with Crippen molar-refractivity contribution in [1.29, 1.82) is 0 Å². The number of sulfonamides is 1. The number of rotatable bonds is 7. The molecule has 0 bridgehead atoms. The summed E-state index contributed by atoms with van der Waals surface area (Å²) in [5.74, 6) is 0.126. The Hall–Kier alpha value is -2.91. The fraction of sp³-hybridized carbons (Fsp3) is 0.417. The lowest BCUT2D eigenvalue weighted by molar-refractivity contribution is -0.124. The number of anilines is 2. The van der Waals surface area contributed by atoms with Gasteiger partial charge in [0, 0.05) is 24.5 Å². The van der Waals surface area contributed by atoms with Crippen molar-refractivity contribution < 1.29 is 22.7 Å². The van der Waals surface area contributed by atoms with Gasteiger partial charge in [0.2, 0.25) is 21.8 Å². The number of fused-ring (bicyclic) bond motifs is 1. The first-order valence-electron chi connectivity index (χ1n) is 11.1. The maximum Gasteiger partial charge on any atom is 0.244 e. The van der Waals surface area contributed by atoms with Gasteiger partial charge in [0.25, 0.3) is 0 Å². The minimum absolute atomic E-state index is 0.166. The van der Waals surface area contributed by atoms with Crippen molar-refractivity contribution in [2.45, 2.75) is 43.9 Å². The summed E-state index contributed by atoms with van der Waals surface area (Å²) in [4.78, 5) is 27.5. The highest BCUT2D eigenvalue weighted by molar-refractivity contribution is 7.89. The Morgan fingerprint density at radius 1 is 1.09 bits per heavy atom. The molecule has 0 unspecified atom stereocenters.